The summed E-state index contributed by atoms with van der Waals surface area (Å²) in [5, 5.41) is 8.85. The second kappa shape index (κ2) is 4.60. The SMILES string of the molecule is OCCN1CCc2c(Br)ccc(F)c2C1. The fourth-order valence-corrected chi connectivity index (χ4v) is 2.55. The fourth-order valence-electron chi connectivity index (χ4n) is 1.98. The van der Waals surface area contributed by atoms with Gasteiger partial charge in [0.15, 0.2) is 0 Å². The lowest BCUT2D eigenvalue weighted by molar-refractivity contribution is 0.182. The van der Waals surface area contributed by atoms with Crippen molar-refractivity contribution in [3.63, 3.8) is 0 Å². The van der Waals surface area contributed by atoms with Crippen molar-refractivity contribution in [1.29, 1.82) is 0 Å². The normalized spacial score (nSPS) is 16.5. The van der Waals surface area contributed by atoms with E-state index in [9.17, 15) is 4.39 Å². The number of benzene rings is 1. The van der Waals surface area contributed by atoms with Crippen LogP contribution in [0.25, 0.3) is 0 Å². The van der Waals surface area contributed by atoms with Crippen LogP contribution in [-0.2, 0) is 13.0 Å². The third-order valence-corrected chi connectivity index (χ3v) is 3.54. The van der Waals surface area contributed by atoms with Crippen LogP contribution < -0.4 is 0 Å². The van der Waals surface area contributed by atoms with Crippen molar-refractivity contribution in [2.45, 2.75) is 13.0 Å². The lowest BCUT2D eigenvalue weighted by Gasteiger charge is -2.28. The number of hydrogen-bond acceptors (Lipinski definition) is 2. The average molecular weight is 274 g/mol. The Morgan fingerprint density at radius 1 is 1.40 bits per heavy atom. The van der Waals surface area contributed by atoms with Gasteiger partial charge in [0, 0.05) is 29.7 Å². The molecule has 1 aromatic rings. The Morgan fingerprint density at radius 3 is 2.93 bits per heavy atom. The van der Waals surface area contributed by atoms with Crippen LogP contribution in [0.3, 0.4) is 0 Å². The first-order valence-corrected chi connectivity index (χ1v) is 5.80. The van der Waals surface area contributed by atoms with Crippen LogP contribution in [0.1, 0.15) is 11.1 Å². The molecule has 0 saturated heterocycles. The summed E-state index contributed by atoms with van der Waals surface area (Å²) < 4.78 is 14.5. The largest absolute Gasteiger partial charge is 0.395 e. The van der Waals surface area contributed by atoms with E-state index in [0.717, 1.165) is 28.6 Å². The minimum atomic E-state index is -0.143. The highest BCUT2D eigenvalue weighted by Crippen LogP contribution is 2.28. The van der Waals surface area contributed by atoms with Gasteiger partial charge in [-0.15, -0.1) is 0 Å². The highest BCUT2D eigenvalue weighted by molar-refractivity contribution is 9.10. The number of fused-ring (bicyclic) bond motifs is 1. The quantitative estimate of drug-likeness (QED) is 0.891. The van der Waals surface area contributed by atoms with Crippen LogP contribution in [0.2, 0.25) is 0 Å². The maximum atomic E-state index is 13.6. The van der Waals surface area contributed by atoms with Crippen LogP contribution in [0.4, 0.5) is 4.39 Å². The van der Waals surface area contributed by atoms with Crippen LogP contribution in [-0.4, -0.2) is 29.7 Å². The van der Waals surface area contributed by atoms with Crippen LogP contribution in [0.5, 0.6) is 0 Å². The molecule has 0 bridgehead atoms. The van der Waals surface area contributed by atoms with E-state index in [0.29, 0.717) is 13.1 Å². The number of aliphatic hydroxyl groups excluding tert-OH is 1. The van der Waals surface area contributed by atoms with Gasteiger partial charge in [-0.2, -0.15) is 0 Å². The molecule has 0 atom stereocenters. The first-order valence-electron chi connectivity index (χ1n) is 5.01. The Kier molecular flexibility index (Phi) is 3.38. The number of hydrogen-bond donors (Lipinski definition) is 1. The van der Waals surface area contributed by atoms with Crippen LogP contribution in [0.15, 0.2) is 16.6 Å². The molecular weight excluding hydrogens is 261 g/mol. The zero-order chi connectivity index (χ0) is 10.8. The molecule has 0 radical (unpaired) electrons. The maximum absolute atomic E-state index is 13.6. The van der Waals surface area contributed by atoms with Gasteiger partial charge in [0.25, 0.3) is 0 Å². The molecule has 1 aliphatic heterocycles. The zero-order valence-electron chi connectivity index (χ0n) is 8.34. The van der Waals surface area contributed by atoms with Crippen molar-refractivity contribution in [1.82, 2.24) is 4.90 Å². The third kappa shape index (κ3) is 2.22. The van der Waals surface area contributed by atoms with E-state index in [-0.39, 0.29) is 12.4 Å². The number of halogens is 2. The molecule has 82 valence electrons. The minimum absolute atomic E-state index is 0.130. The molecule has 0 spiro atoms. The standard InChI is InChI=1S/C11H13BrFNO/c12-10-1-2-11(13)9-7-14(5-6-15)4-3-8(9)10/h1-2,15H,3-7H2. The summed E-state index contributed by atoms with van der Waals surface area (Å²) in [5.74, 6) is -0.143. The lowest BCUT2D eigenvalue weighted by Crippen LogP contribution is -2.33. The van der Waals surface area contributed by atoms with Gasteiger partial charge >= 0.3 is 0 Å². The van der Waals surface area contributed by atoms with E-state index < -0.39 is 0 Å². The van der Waals surface area contributed by atoms with Crippen LogP contribution in [0, 0.1) is 5.82 Å². The molecule has 15 heavy (non-hydrogen) atoms. The summed E-state index contributed by atoms with van der Waals surface area (Å²) in [7, 11) is 0. The second-order valence-corrected chi connectivity index (χ2v) is 4.59. The summed E-state index contributed by atoms with van der Waals surface area (Å²) >= 11 is 3.44. The monoisotopic (exact) mass is 273 g/mol. The molecule has 1 aromatic carbocycles. The molecule has 2 nitrogen and oxygen atoms in total. The fraction of sp³-hybridized carbons (Fsp3) is 0.455. The van der Waals surface area contributed by atoms with Crippen molar-refractivity contribution in [2.24, 2.45) is 0 Å². The molecule has 1 aliphatic rings. The van der Waals surface area contributed by atoms with Crippen molar-refractivity contribution < 1.29 is 9.50 Å². The molecule has 0 fully saturated rings. The van der Waals surface area contributed by atoms with E-state index >= 15 is 0 Å². The van der Waals surface area contributed by atoms with E-state index in [1.54, 1.807) is 6.07 Å². The molecule has 0 aliphatic carbocycles. The van der Waals surface area contributed by atoms with Crippen molar-refractivity contribution >= 4 is 15.9 Å². The van der Waals surface area contributed by atoms with Gasteiger partial charge < -0.3 is 5.11 Å². The third-order valence-electron chi connectivity index (χ3n) is 2.79. The Balaban J connectivity index is 2.28. The number of aliphatic hydroxyl groups is 1. The Morgan fingerprint density at radius 2 is 2.20 bits per heavy atom. The summed E-state index contributed by atoms with van der Waals surface area (Å²) in [6.45, 7) is 2.23. The molecule has 4 heteroatoms. The van der Waals surface area contributed by atoms with E-state index in [1.807, 2.05) is 0 Å². The zero-order valence-corrected chi connectivity index (χ0v) is 9.93. The topological polar surface area (TPSA) is 23.5 Å². The summed E-state index contributed by atoms with van der Waals surface area (Å²) in [6, 6.07) is 3.25. The molecule has 1 N–H and O–H groups in total. The molecule has 0 amide bonds. The minimum Gasteiger partial charge on any atom is -0.395 e. The molecular formula is C11H13BrFNO. The molecule has 0 aromatic heterocycles. The predicted octanol–water partition coefficient (Wildman–Crippen LogP) is 1.94. The first-order chi connectivity index (χ1) is 7.22. The van der Waals surface area contributed by atoms with Gasteiger partial charge in [-0.1, -0.05) is 15.9 Å². The highest BCUT2D eigenvalue weighted by Gasteiger charge is 2.20. The maximum Gasteiger partial charge on any atom is 0.128 e. The van der Waals surface area contributed by atoms with Crippen molar-refractivity contribution in [3.05, 3.63) is 33.5 Å². The summed E-state index contributed by atoms with van der Waals surface area (Å²) in [5.41, 5.74) is 1.84. The average Bonchev–Trinajstić information content (AvgIpc) is 2.24. The van der Waals surface area contributed by atoms with Crippen molar-refractivity contribution in [2.75, 3.05) is 19.7 Å². The highest BCUT2D eigenvalue weighted by atomic mass is 79.9. The Labute approximate surface area is 96.8 Å². The van der Waals surface area contributed by atoms with E-state index in [2.05, 4.69) is 20.8 Å². The van der Waals surface area contributed by atoms with Crippen LogP contribution >= 0.6 is 15.9 Å². The van der Waals surface area contributed by atoms with Crippen molar-refractivity contribution in [3.8, 4) is 0 Å². The summed E-state index contributed by atoms with van der Waals surface area (Å²) in [6.07, 6.45) is 0.841. The summed E-state index contributed by atoms with van der Waals surface area (Å²) in [4.78, 5) is 2.07. The van der Waals surface area contributed by atoms with Gasteiger partial charge in [-0.25, -0.2) is 4.39 Å². The molecule has 2 rings (SSSR count). The molecule has 0 saturated carbocycles. The van der Waals surface area contributed by atoms with E-state index in [1.165, 1.54) is 6.07 Å². The van der Waals surface area contributed by atoms with Gasteiger partial charge in [-0.3, -0.25) is 4.90 Å². The molecule has 1 heterocycles. The number of β-amino-alcohol motifs (C(OH)–C–C–N with tert-alkyl or cyclic N) is 1. The lowest BCUT2D eigenvalue weighted by atomic mass is 9.99. The Bertz CT molecular complexity index is 370. The first kappa shape index (κ1) is 11.0. The van der Waals surface area contributed by atoms with Gasteiger partial charge in [0.05, 0.1) is 6.61 Å². The molecule has 0 unspecified atom stereocenters. The van der Waals surface area contributed by atoms with Gasteiger partial charge in [0.2, 0.25) is 0 Å². The van der Waals surface area contributed by atoms with E-state index in [4.69, 9.17) is 5.11 Å². The van der Waals surface area contributed by atoms with Gasteiger partial charge in [0.1, 0.15) is 5.82 Å². The Hall–Kier alpha value is -0.450. The van der Waals surface area contributed by atoms with Gasteiger partial charge in [-0.05, 0) is 24.1 Å². The predicted molar refractivity (Wildman–Crippen MR) is 60.2 cm³/mol. The number of rotatable bonds is 2. The second-order valence-electron chi connectivity index (χ2n) is 3.74. The smallest absolute Gasteiger partial charge is 0.128 e. The number of nitrogens with zero attached hydrogens (tertiary/aromatic N) is 1.